The average molecular weight is 219 g/mol. The number of aliphatic hydroxyl groups is 1. The van der Waals surface area contributed by atoms with Crippen LogP contribution in [-0.4, -0.2) is 49.5 Å². The predicted octanol–water partition coefficient (Wildman–Crippen LogP) is 2.14. The summed E-state index contributed by atoms with van der Waals surface area (Å²) < 4.78 is 4.25. The Bertz CT molecular complexity index is 110. The topological polar surface area (TPSA) is 32.7 Å². The van der Waals surface area contributed by atoms with E-state index in [0.29, 0.717) is 6.04 Å². The SMILES string of the molecule is CC.CC(C)N1CCC(O)CC1.COC. The van der Waals surface area contributed by atoms with Crippen LogP contribution in [0, 0.1) is 0 Å². The molecule has 1 heterocycles. The van der Waals surface area contributed by atoms with E-state index in [1.807, 2.05) is 13.8 Å². The normalized spacial score (nSPS) is 17.6. The molecule has 0 radical (unpaired) electrons. The number of ether oxygens (including phenoxy) is 1. The number of aliphatic hydroxyl groups excluding tert-OH is 1. The molecule has 0 aliphatic carbocycles. The summed E-state index contributed by atoms with van der Waals surface area (Å²) in [7, 11) is 3.25. The number of rotatable bonds is 1. The van der Waals surface area contributed by atoms with Gasteiger partial charge in [0, 0.05) is 33.4 Å². The molecule has 1 N–H and O–H groups in total. The van der Waals surface area contributed by atoms with E-state index < -0.39 is 0 Å². The van der Waals surface area contributed by atoms with Crippen LogP contribution >= 0.6 is 0 Å². The van der Waals surface area contributed by atoms with Gasteiger partial charge in [-0.2, -0.15) is 0 Å². The molecule has 3 nitrogen and oxygen atoms in total. The molecule has 94 valence electrons. The molecule has 1 aliphatic rings. The van der Waals surface area contributed by atoms with E-state index in [1.54, 1.807) is 14.2 Å². The van der Waals surface area contributed by atoms with Gasteiger partial charge in [-0.1, -0.05) is 13.8 Å². The van der Waals surface area contributed by atoms with Crippen molar-refractivity contribution < 1.29 is 9.84 Å². The van der Waals surface area contributed by atoms with Crippen LogP contribution in [0.4, 0.5) is 0 Å². The number of methoxy groups -OCH3 is 1. The smallest absolute Gasteiger partial charge is 0.0564 e. The van der Waals surface area contributed by atoms with Gasteiger partial charge in [-0.25, -0.2) is 0 Å². The molecule has 3 heteroatoms. The van der Waals surface area contributed by atoms with Crippen molar-refractivity contribution in [3.05, 3.63) is 0 Å². The zero-order chi connectivity index (χ0) is 12.3. The van der Waals surface area contributed by atoms with Crippen LogP contribution in [-0.2, 0) is 4.74 Å². The molecule has 0 aromatic heterocycles. The van der Waals surface area contributed by atoms with Gasteiger partial charge in [0.2, 0.25) is 0 Å². The summed E-state index contributed by atoms with van der Waals surface area (Å²) >= 11 is 0. The predicted molar refractivity (Wildman–Crippen MR) is 66.2 cm³/mol. The van der Waals surface area contributed by atoms with Crippen LogP contribution in [0.25, 0.3) is 0 Å². The van der Waals surface area contributed by atoms with E-state index in [-0.39, 0.29) is 6.10 Å². The van der Waals surface area contributed by atoms with Gasteiger partial charge in [-0.3, -0.25) is 0 Å². The van der Waals surface area contributed by atoms with Crippen LogP contribution in [0.2, 0.25) is 0 Å². The second-order valence-corrected chi connectivity index (χ2v) is 3.77. The fraction of sp³-hybridized carbons (Fsp3) is 1.00. The molecule has 1 saturated heterocycles. The Morgan fingerprint density at radius 1 is 1.13 bits per heavy atom. The Hall–Kier alpha value is -0.120. The standard InChI is InChI=1S/C8H17NO.C2H6O.C2H6/c1-7(2)9-5-3-8(10)4-6-9;1-3-2;1-2/h7-8,10H,3-6H2,1-2H3;1-2H3;1-2H3. The van der Waals surface area contributed by atoms with Gasteiger partial charge in [0.05, 0.1) is 6.10 Å². The molecule has 0 saturated carbocycles. The third kappa shape index (κ3) is 10.2. The highest BCUT2D eigenvalue weighted by atomic mass is 16.4. The summed E-state index contributed by atoms with van der Waals surface area (Å²) in [4.78, 5) is 2.41. The van der Waals surface area contributed by atoms with Crippen molar-refractivity contribution in [3.63, 3.8) is 0 Å². The number of hydrogen-bond donors (Lipinski definition) is 1. The Balaban J connectivity index is 0. The van der Waals surface area contributed by atoms with Gasteiger partial charge in [0.15, 0.2) is 0 Å². The molecule has 15 heavy (non-hydrogen) atoms. The van der Waals surface area contributed by atoms with Crippen molar-refractivity contribution >= 4 is 0 Å². The fourth-order valence-corrected chi connectivity index (χ4v) is 1.40. The Morgan fingerprint density at radius 2 is 1.47 bits per heavy atom. The van der Waals surface area contributed by atoms with Gasteiger partial charge in [0.1, 0.15) is 0 Å². The van der Waals surface area contributed by atoms with Crippen molar-refractivity contribution in [2.24, 2.45) is 0 Å². The molecule has 0 aromatic carbocycles. The average Bonchev–Trinajstić information content (AvgIpc) is 2.22. The lowest BCUT2D eigenvalue weighted by Gasteiger charge is -2.32. The van der Waals surface area contributed by atoms with Crippen molar-refractivity contribution in [1.29, 1.82) is 0 Å². The van der Waals surface area contributed by atoms with E-state index >= 15 is 0 Å². The maximum absolute atomic E-state index is 9.18. The molecule has 1 aliphatic heterocycles. The minimum Gasteiger partial charge on any atom is -0.393 e. The van der Waals surface area contributed by atoms with Crippen LogP contribution in [0.1, 0.15) is 40.5 Å². The van der Waals surface area contributed by atoms with Crippen LogP contribution in [0.3, 0.4) is 0 Å². The first kappa shape index (κ1) is 17.3. The van der Waals surface area contributed by atoms with Crippen molar-refractivity contribution in [3.8, 4) is 0 Å². The quantitative estimate of drug-likeness (QED) is 0.733. The first-order valence-electron chi connectivity index (χ1n) is 5.94. The summed E-state index contributed by atoms with van der Waals surface area (Å²) in [6, 6.07) is 0.646. The van der Waals surface area contributed by atoms with Crippen molar-refractivity contribution in [1.82, 2.24) is 4.90 Å². The molecule has 0 spiro atoms. The molecule has 1 rings (SSSR count). The van der Waals surface area contributed by atoms with Crippen LogP contribution in [0.5, 0.6) is 0 Å². The number of piperidine rings is 1. The Labute approximate surface area is 95.4 Å². The van der Waals surface area contributed by atoms with Crippen LogP contribution < -0.4 is 0 Å². The highest BCUT2D eigenvalue weighted by Gasteiger charge is 2.18. The third-order valence-corrected chi connectivity index (χ3v) is 2.23. The highest BCUT2D eigenvalue weighted by Crippen LogP contribution is 2.11. The first-order valence-corrected chi connectivity index (χ1v) is 5.94. The molecule has 1 fully saturated rings. The summed E-state index contributed by atoms with van der Waals surface area (Å²) in [5.41, 5.74) is 0. The minimum absolute atomic E-state index is 0.0324. The van der Waals surface area contributed by atoms with Gasteiger partial charge in [-0.15, -0.1) is 0 Å². The van der Waals surface area contributed by atoms with E-state index in [0.717, 1.165) is 25.9 Å². The second kappa shape index (κ2) is 12.0. The van der Waals surface area contributed by atoms with Gasteiger partial charge in [-0.05, 0) is 26.7 Å². The summed E-state index contributed by atoms with van der Waals surface area (Å²) in [6.45, 7) is 10.5. The molecule has 0 bridgehead atoms. The van der Waals surface area contributed by atoms with Gasteiger partial charge < -0.3 is 14.7 Å². The summed E-state index contributed by atoms with van der Waals surface area (Å²) in [5.74, 6) is 0. The zero-order valence-corrected chi connectivity index (χ0v) is 11.3. The number of hydrogen-bond acceptors (Lipinski definition) is 3. The van der Waals surface area contributed by atoms with Gasteiger partial charge >= 0.3 is 0 Å². The molecule has 0 amide bonds. The van der Waals surface area contributed by atoms with Crippen molar-refractivity contribution in [2.75, 3.05) is 27.3 Å². The third-order valence-electron chi connectivity index (χ3n) is 2.23. The monoisotopic (exact) mass is 219 g/mol. The van der Waals surface area contributed by atoms with E-state index in [9.17, 15) is 5.11 Å². The summed E-state index contributed by atoms with van der Waals surface area (Å²) in [6.07, 6.45) is 1.88. The molecule has 0 atom stereocenters. The van der Waals surface area contributed by atoms with Crippen LogP contribution in [0.15, 0.2) is 0 Å². The summed E-state index contributed by atoms with van der Waals surface area (Å²) in [5, 5.41) is 9.18. The van der Waals surface area contributed by atoms with E-state index in [1.165, 1.54) is 0 Å². The largest absolute Gasteiger partial charge is 0.393 e. The maximum Gasteiger partial charge on any atom is 0.0564 e. The van der Waals surface area contributed by atoms with Gasteiger partial charge in [0.25, 0.3) is 0 Å². The molecule has 0 aromatic rings. The Morgan fingerprint density at radius 3 is 1.73 bits per heavy atom. The lowest BCUT2D eigenvalue weighted by molar-refractivity contribution is 0.0685. The number of likely N-dealkylation sites (tertiary alicyclic amines) is 1. The lowest BCUT2D eigenvalue weighted by atomic mass is 10.1. The minimum atomic E-state index is -0.0324. The zero-order valence-electron chi connectivity index (χ0n) is 11.3. The van der Waals surface area contributed by atoms with E-state index in [4.69, 9.17) is 0 Å². The fourth-order valence-electron chi connectivity index (χ4n) is 1.40. The number of nitrogens with zero attached hydrogens (tertiary/aromatic N) is 1. The maximum atomic E-state index is 9.18. The molecular formula is C12H29NO2. The Kier molecular flexibility index (Phi) is 13.8. The highest BCUT2D eigenvalue weighted by molar-refractivity contribution is 4.72. The van der Waals surface area contributed by atoms with E-state index in [2.05, 4.69) is 23.5 Å². The first-order chi connectivity index (χ1) is 7.11. The van der Waals surface area contributed by atoms with Crippen molar-refractivity contribution in [2.45, 2.75) is 52.7 Å². The molecular weight excluding hydrogens is 190 g/mol. The lowest BCUT2D eigenvalue weighted by Crippen LogP contribution is -2.39. The molecule has 0 unspecified atom stereocenters. The second-order valence-electron chi connectivity index (χ2n) is 3.77.